The van der Waals surface area contributed by atoms with E-state index in [9.17, 15) is 18.0 Å². The predicted molar refractivity (Wildman–Crippen MR) is 159 cm³/mol. The van der Waals surface area contributed by atoms with Gasteiger partial charge in [0.15, 0.2) is 11.5 Å². The van der Waals surface area contributed by atoms with Crippen LogP contribution in [0.1, 0.15) is 25.0 Å². The summed E-state index contributed by atoms with van der Waals surface area (Å²) in [5, 5.41) is 3.54. The van der Waals surface area contributed by atoms with Gasteiger partial charge < -0.3 is 19.7 Å². The van der Waals surface area contributed by atoms with Gasteiger partial charge in [-0.1, -0.05) is 59.6 Å². The fourth-order valence-electron chi connectivity index (χ4n) is 4.42. The minimum atomic E-state index is -3.92. The number of sulfonamides is 1. The molecular formula is C29H31Cl2N3O6S. The van der Waals surface area contributed by atoms with Gasteiger partial charge in [0.05, 0.1) is 22.0 Å². The number of halogens is 2. The second-order valence-corrected chi connectivity index (χ2v) is 12.7. The molecule has 9 nitrogen and oxygen atoms in total. The van der Waals surface area contributed by atoms with Crippen molar-refractivity contribution in [2.45, 2.75) is 38.9 Å². The number of benzene rings is 3. The molecule has 0 saturated carbocycles. The predicted octanol–water partition coefficient (Wildman–Crippen LogP) is 4.65. The average molecular weight is 621 g/mol. The van der Waals surface area contributed by atoms with Gasteiger partial charge >= 0.3 is 0 Å². The van der Waals surface area contributed by atoms with E-state index in [4.69, 9.17) is 32.7 Å². The lowest BCUT2D eigenvalue weighted by molar-refractivity contribution is -0.140. The summed E-state index contributed by atoms with van der Waals surface area (Å²) >= 11 is 12.4. The van der Waals surface area contributed by atoms with Crippen molar-refractivity contribution in [3.8, 4) is 11.5 Å². The molecule has 1 N–H and O–H groups in total. The molecule has 3 aromatic rings. The molecule has 0 bridgehead atoms. The average Bonchev–Trinajstić information content (AvgIpc) is 3.38. The van der Waals surface area contributed by atoms with Crippen LogP contribution in [-0.4, -0.2) is 56.8 Å². The Kier molecular flexibility index (Phi) is 9.68. The zero-order chi connectivity index (χ0) is 29.7. The van der Waals surface area contributed by atoms with Gasteiger partial charge in [-0.2, -0.15) is 0 Å². The van der Waals surface area contributed by atoms with Crippen molar-refractivity contribution in [2.75, 3.05) is 23.9 Å². The van der Waals surface area contributed by atoms with Gasteiger partial charge in [-0.05, 0) is 49.2 Å². The first-order valence-corrected chi connectivity index (χ1v) is 15.5. The highest BCUT2D eigenvalue weighted by Crippen LogP contribution is 2.36. The van der Waals surface area contributed by atoms with Crippen LogP contribution in [0.2, 0.25) is 10.0 Å². The van der Waals surface area contributed by atoms with Crippen LogP contribution in [0.5, 0.6) is 11.5 Å². The number of hydrogen-bond acceptors (Lipinski definition) is 6. The van der Waals surface area contributed by atoms with Crippen LogP contribution < -0.4 is 19.1 Å². The zero-order valence-electron chi connectivity index (χ0n) is 22.8. The molecule has 0 aliphatic carbocycles. The van der Waals surface area contributed by atoms with Crippen molar-refractivity contribution >= 4 is 50.7 Å². The van der Waals surface area contributed by atoms with Gasteiger partial charge in [0.25, 0.3) is 0 Å². The number of anilines is 1. The van der Waals surface area contributed by atoms with E-state index in [0.717, 1.165) is 16.1 Å². The van der Waals surface area contributed by atoms with E-state index in [2.05, 4.69) is 5.32 Å². The topological polar surface area (TPSA) is 105 Å². The first-order chi connectivity index (χ1) is 19.4. The summed E-state index contributed by atoms with van der Waals surface area (Å²) in [6.45, 7) is 3.10. The standard InChI is InChI=1S/C29H31Cl2N3O6S/c1-19(2)32-29(36)25(14-20-7-5-4-6-8-20)33(16-21-9-11-23(30)24(31)13-21)28(35)17-34(41(3,37)38)22-10-12-26-27(15-22)40-18-39-26/h4-13,15,19,25H,14,16-18H2,1-3H3,(H,32,36)/t25-/m0/s1. The Morgan fingerprint density at radius 1 is 0.927 bits per heavy atom. The molecule has 1 atom stereocenters. The number of nitrogens with zero attached hydrogens (tertiary/aromatic N) is 2. The van der Waals surface area contributed by atoms with Crippen molar-refractivity contribution in [3.63, 3.8) is 0 Å². The Hall–Kier alpha value is -3.47. The van der Waals surface area contributed by atoms with Crippen LogP contribution in [0, 0.1) is 0 Å². The molecule has 2 amide bonds. The molecule has 0 saturated heterocycles. The Bertz CT molecular complexity index is 1520. The Labute approximate surface area is 250 Å². The third kappa shape index (κ3) is 7.84. The van der Waals surface area contributed by atoms with Gasteiger partial charge in [-0.25, -0.2) is 8.42 Å². The summed E-state index contributed by atoms with van der Waals surface area (Å²) < 4.78 is 37.6. The molecule has 0 aromatic heterocycles. The van der Waals surface area contributed by atoms with E-state index in [0.29, 0.717) is 27.1 Å². The van der Waals surface area contributed by atoms with Crippen molar-refractivity contribution in [3.05, 3.63) is 87.9 Å². The maximum absolute atomic E-state index is 14.1. The van der Waals surface area contributed by atoms with Gasteiger partial charge in [0.2, 0.25) is 28.6 Å². The minimum Gasteiger partial charge on any atom is -0.454 e. The zero-order valence-corrected chi connectivity index (χ0v) is 25.2. The molecule has 0 fully saturated rings. The van der Waals surface area contributed by atoms with Gasteiger partial charge in [0.1, 0.15) is 12.6 Å². The maximum atomic E-state index is 14.1. The lowest BCUT2D eigenvalue weighted by atomic mass is 10.0. The Morgan fingerprint density at radius 2 is 1.63 bits per heavy atom. The number of ether oxygens (including phenoxy) is 2. The molecule has 4 rings (SSSR count). The van der Waals surface area contributed by atoms with Gasteiger partial charge in [0, 0.05) is 25.1 Å². The third-order valence-electron chi connectivity index (χ3n) is 6.36. The highest BCUT2D eigenvalue weighted by Gasteiger charge is 2.33. The molecule has 3 aromatic carbocycles. The van der Waals surface area contributed by atoms with E-state index in [1.54, 1.807) is 24.3 Å². The monoisotopic (exact) mass is 619 g/mol. The molecule has 218 valence electrons. The van der Waals surface area contributed by atoms with Crippen LogP contribution in [0.4, 0.5) is 5.69 Å². The summed E-state index contributed by atoms with van der Waals surface area (Å²) in [4.78, 5) is 29.1. The first-order valence-electron chi connectivity index (χ1n) is 12.9. The molecule has 0 unspecified atom stereocenters. The van der Waals surface area contributed by atoms with Gasteiger partial charge in [-0.15, -0.1) is 0 Å². The number of carbonyl (C=O) groups excluding carboxylic acids is 2. The lowest BCUT2D eigenvalue weighted by Crippen LogP contribution is -2.54. The number of rotatable bonds is 11. The number of carbonyl (C=O) groups is 2. The molecular weight excluding hydrogens is 589 g/mol. The number of amides is 2. The van der Waals surface area contributed by atoms with Crippen molar-refractivity contribution in [1.29, 1.82) is 0 Å². The molecule has 0 spiro atoms. The van der Waals surface area contributed by atoms with Crippen molar-refractivity contribution < 1.29 is 27.5 Å². The number of nitrogens with one attached hydrogen (secondary N) is 1. The normalized spacial score (nSPS) is 13.1. The van der Waals surface area contributed by atoms with E-state index < -0.39 is 28.5 Å². The van der Waals surface area contributed by atoms with Crippen LogP contribution in [0.25, 0.3) is 0 Å². The van der Waals surface area contributed by atoms with E-state index in [1.165, 1.54) is 17.0 Å². The van der Waals surface area contributed by atoms with Crippen molar-refractivity contribution in [2.24, 2.45) is 0 Å². The molecule has 0 radical (unpaired) electrons. The van der Waals surface area contributed by atoms with Crippen molar-refractivity contribution in [1.82, 2.24) is 10.2 Å². The summed E-state index contributed by atoms with van der Waals surface area (Å²) in [7, 11) is -3.92. The lowest BCUT2D eigenvalue weighted by Gasteiger charge is -2.34. The van der Waals surface area contributed by atoms with E-state index >= 15 is 0 Å². The minimum absolute atomic E-state index is 0.0140. The summed E-state index contributed by atoms with van der Waals surface area (Å²) in [5.41, 5.74) is 1.68. The Morgan fingerprint density at radius 3 is 2.29 bits per heavy atom. The van der Waals surface area contributed by atoms with Crippen LogP contribution >= 0.6 is 23.2 Å². The summed E-state index contributed by atoms with van der Waals surface area (Å²) in [6, 6.07) is 17.7. The highest BCUT2D eigenvalue weighted by atomic mass is 35.5. The fourth-order valence-corrected chi connectivity index (χ4v) is 5.59. The highest BCUT2D eigenvalue weighted by molar-refractivity contribution is 7.92. The molecule has 1 heterocycles. The maximum Gasteiger partial charge on any atom is 0.244 e. The largest absolute Gasteiger partial charge is 0.454 e. The van der Waals surface area contributed by atoms with E-state index in [1.807, 2.05) is 44.2 Å². The quantitative estimate of drug-likeness (QED) is 0.335. The first kappa shape index (κ1) is 30.5. The fraction of sp³-hybridized carbons (Fsp3) is 0.310. The summed E-state index contributed by atoms with van der Waals surface area (Å²) in [6.07, 6.45) is 1.22. The number of hydrogen-bond donors (Lipinski definition) is 1. The van der Waals surface area contributed by atoms with Crippen LogP contribution in [0.15, 0.2) is 66.7 Å². The molecule has 1 aliphatic rings. The van der Waals surface area contributed by atoms with E-state index in [-0.39, 0.29) is 37.4 Å². The van der Waals surface area contributed by atoms with Gasteiger partial charge in [-0.3, -0.25) is 13.9 Å². The third-order valence-corrected chi connectivity index (χ3v) is 8.24. The number of fused-ring (bicyclic) bond motifs is 1. The smallest absolute Gasteiger partial charge is 0.244 e. The SMILES string of the molecule is CC(C)NC(=O)[C@H](Cc1ccccc1)N(Cc1ccc(Cl)c(Cl)c1)C(=O)CN(c1ccc2c(c1)OCO2)S(C)(=O)=O. The summed E-state index contributed by atoms with van der Waals surface area (Å²) in [5.74, 6) is -0.108. The molecule has 41 heavy (non-hydrogen) atoms. The molecule has 12 heteroatoms. The Balaban J connectivity index is 1.74. The molecule has 1 aliphatic heterocycles. The second-order valence-electron chi connectivity index (χ2n) is 9.95. The van der Waals surface area contributed by atoms with Crippen LogP contribution in [0.3, 0.4) is 0 Å². The second kappa shape index (κ2) is 13.0. The van der Waals surface area contributed by atoms with Crippen LogP contribution in [-0.2, 0) is 32.6 Å².